The van der Waals surface area contributed by atoms with Gasteiger partial charge in [0.25, 0.3) is 0 Å². The van der Waals surface area contributed by atoms with E-state index in [1.54, 1.807) is 0 Å². The summed E-state index contributed by atoms with van der Waals surface area (Å²) in [4.78, 5) is 0. The van der Waals surface area contributed by atoms with Crippen molar-refractivity contribution in [2.24, 2.45) is 5.92 Å². The smallest absolute Gasteiger partial charge is 0.158 e. The van der Waals surface area contributed by atoms with Gasteiger partial charge in [0.1, 0.15) is 0 Å². The molecule has 0 aromatic heterocycles. The van der Waals surface area contributed by atoms with Crippen LogP contribution < -0.4 is 5.32 Å². The summed E-state index contributed by atoms with van der Waals surface area (Å²) in [7, 11) is 0. The molecule has 0 amide bonds. The van der Waals surface area contributed by atoms with Crippen LogP contribution in [0.5, 0.6) is 0 Å². The standard InChI is InChI=1S/C15H31NO3/c1-4-18-14(19-5-2)8-11-16-15(12-17)9-6-13(3)7-10-15/h13-14,16-17H,4-12H2,1-3H3. The molecule has 0 aromatic carbocycles. The Morgan fingerprint density at radius 1 is 1.21 bits per heavy atom. The van der Waals surface area contributed by atoms with E-state index in [0.717, 1.165) is 31.7 Å². The van der Waals surface area contributed by atoms with Gasteiger partial charge in [0, 0.05) is 31.7 Å². The first-order chi connectivity index (χ1) is 9.15. The van der Waals surface area contributed by atoms with Gasteiger partial charge in [-0.1, -0.05) is 6.92 Å². The normalized spacial score (nSPS) is 27.9. The van der Waals surface area contributed by atoms with Gasteiger partial charge in [0.15, 0.2) is 6.29 Å². The van der Waals surface area contributed by atoms with Gasteiger partial charge in [-0.2, -0.15) is 0 Å². The first-order valence-electron chi connectivity index (χ1n) is 7.75. The van der Waals surface area contributed by atoms with Gasteiger partial charge in [0.2, 0.25) is 0 Å². The Morgan fingerprint density at radius 2 is 1.79 bits per heavy atom. The minimum Gasteiger partial charge on any atom is -0.394 e. The van der Waals surface area contributed by atoms with Crippen molar-refractivity contribution < 1.29 is 14.6 Å². The molecule has 1 aliphatic carbocycles. The lowest BCUT2D eigenvalue weighted by Gasteiger charge is -2.39. The summed E-state index contributed by atoms with van der Waals surface area (Å²) in [6, 6.07) is 0. The Morgan fingerprint density at radius 3 is 2.26 bits per heavy atom. The number of ether oxygens (including phenoxy) is 2. The molecule has 0 spiro atoms. The zero-order chi connectivity index (χ0) is 14.1. The molecular weight excluding hydrogens is 242 g/mol. The number of aliphatic hydroxyl groups excluding tert-OH is 1. The van der Waals surface area contributed by atoms with Crippen molar-refractivity contribution >= 4 is 0 Å². The van der Waals surface area contributed by atoms with Crippen LogP contribution in [0, 0.1) is 5.92 Å². The Bertz CT molecular complexity index is 221. The molecule has 19 heavy (non-hydrogen) atoms. The lowest BCUT2D eigenvalue weighted by Crippen LogP contribution is -2.51. The van der Waals surface area contributed by atoms with Crippen molar-refractivity contribution in [1.29, 1.82) is 0 Å². The minimum absolute atomic E-state index is 0.0739. The minimum atomic E-state index is -0.124. The molecule has 1 aliphatic rings. The molecule has 1 saturated carbocycles. The SMILES string of the molecule is CCOC(CCNC1(CO)CCC(C)CC1)OCC. The molecule has 0 atom stereocenters. The summed E-state index contributed by atoms with van der Waals surface area (Å²) >= 11 is 0. The van der Waals surface area contributed by atoms with Crippen LogP contribution >= 0.6 is 0 Å². The van der Waals surface area contributed by atoms with Gasteiger partial charge >= 0.3 is 0 Å². The van der Waals surface area contributed by atoms with Gasteiger partial charge in [-0.15, -0.1) is 0 Å². The molecular formula is C15H31NO3. The first kappa shape index (κ1) is 16.9. The molecule has 114 valence electrons. The maximum absolute atomic E-state index is 9.67. The third-order valence-corrected chi connectivity index (χ3v) is 4.12. The molecule has 1 fully saturated rings. The Kier molecular flexibility index (Phi) is 7.91. The summed E-state index contributed by atoms with van der Waals surface area (Å²) in [6.07, 6.45) is 5.25. The molecule has 0 aliphatic heterocycles. The van der Waals surface area contributed by atoms with E-state index in [0.29, 0.717) is 13.2 Å². The zero-order valence-electron chi connectivity index (χ0n) is 12.8. The highest BCUT2D eigenvalue weighted by Crippen LogP contribution is 2.31. The molecule has 0 bridgehead atoms. The van der Waals surface area contributed by atoms with Crippen LogP contribution in [0.2, 0.25) is 0 Å². The van der Waals surface area contributed by atoms with Gasteiger partial charge in [-0.05, 0) is 45.4 Å². The lowest BCUT2D eigenvalue weighted by atomic mass is 9.77. The van der Waals surface area contributed by atoms with Crippen molar-refractivity contribution in [1.82, 2.24) is 5.32 Å². The van der Waals surface area contributed by atoms with Crippen LogP contribution in [-0.4, -0.2) is 43.3 Å². The topological polar surface area (TPSA) is 50.7 Å². The molecule has 0 unspecified atom stereocenters. The van der Waals surface area contributed by atoms with Gasteiger partial charge < -0.3 is 19.9 Å². The number of nitrogens with one attached hydrogen (secondary N) is 1. The number of hydrogen-bond acceptors (Lipinski definition) is 4. The second kappa shape index (κ2) is 8.90. The molecule has 0 radical (unpaired) electrons. The third kappa shape index (κ3) is 5.78. The molecule has 0 heterocycles. The van der Waals surface area contributed by atoms with E-state index in [-0.39, 0.29) is 18.4 Å². The highest BCUT2D eigenvalue weighted by Gasteiger charge is 2.33. The van der Waals surface area contributed by atoms with Gasteiger partial charge in [-0.3, -0.25) is 0 Å². The molecule has 0 aromatic rings. The Hall–Kier alpha value is -0.160. The lowest BCUT2D eigenvalue weighted by molar-refractivity contribution is -0.139. The molecule has 2 N–H and O–H groups in total. The monoisotopic (exact) mass is 273 g/mol. The molecule has 0 saturated heterocycles. The van der Waals surface area contributed by atoms with E-state index in [4.69, 9.17) is 9.47 Å². The van der Waals surface area contributed by atoms with E-state index in [1.165, 1.54) is 12.8 Å². The van der Waals surface area contributed by atoms with E-state index in [2.05, 4.69) is 12.2 Å². The Balaban J connectivity index is 2.32. The fourth-order valence-electron chi connectivity index (χ4n) is 2.75. The average Bonchev–Trinajstić information content (AvgIpc) is 2.42. The summed E-state index contributed by atoms with van der Waals surface area (Å²) in [5, 5.41) is 13.2. The molecule has 1 rings (SSSR count). The van der Waals surface area contributed by atoms with Crippen molar-refractivity contribution in [3.8, 4) is 0 Å². The Labute approximate surface area is 117 Å². The van der Waals surface area contributed by atoms with Crippen molar-refractivity contribution in [2.45, 2.75) is 64.7 Å². The van der Waals surface area contributed by atoms with E-state index >= 15 is 0 Å². The highest BCUT2D eigenvalue weighted by molar-refractivity contribution is 4.91. The van der Waals surface area contributed by atoms with E-state index in [1.807, 2.05) is 13.8 Å². The number of aliphatic hydroxyl groups is 1. The maximum atomic E-state index is 9.67. The van der Waals surface area contributed by atoms with Crippen molar-refractivity contribution in [3.05, 3.63) is 0 Å². The summed E-state index contributed by atoms with van der Waals surface area (Å²) in [6.45, 7) is 8.67. The van der Waals surface area contributed by atoms with Crippen molar-refractivity contribution in [2.75, 3.05) is 26.4 Å². The van der Waals surface area contributed by atoms with Gasteiger partial charge in [-0.25, -0.2) is 0 Å². The third-order valence-electron chi connectivity index (χ3n) is 4.12. The number of rotatable bonds is 9. The largest absolute Gasteiger partial charge is 0.394 e. The van der Waals surface area contributed by atoms with E-state index < -0.39 is 0 Å². The van der Waals surface area contributed by atoms with Crippen LogP contribution in [-0.2, 0) is 9.47 Å². The summed E-state index contributed by atoms with van der Waals surface area (Å²) < 4.78 is 11.1. The van der Waals surface area contributed by atoms with Crippen LogP contribution in [0.4, 0.5) is 0 Å². The second-order valence-electron chi connectivity index (χ2n) is 5.68. The molecule has 4 heteroatoms. The van der Waals surface area contributed by atoms with Crippen LogP contribution in [0.1, 0.15) is 52.9 Å². The highest BCUT2D eigenvalue weighted by atomic mass is 16.7. The summed E-state index contributed by atoms with van der Waals surface area (Å²) in [5.41, 5.74) is -0.0739. The predicted octanol–water partition coefficient (Wildman–Crippen LogP) is 2.31. The average molecular weight is 273 g/mol. The van der Waals surface area contributed by atoms with Crippen LogP contribution in [0.15, 0.2) is 0 Å². The maximum Gasteiger partial charge on any atom is 0.158 e. The van der Waals surface area contributed by atoms with Crippen LogP contribution in [0.25, 0.3) is 0 Å². The fourth-order valence-corrected chi connectivity index (χ4v) is 2.75. The van der Waals surface area contributed by atoms with Crippen LogP contribution in [0.3, 0.4) is 0 Å². The number of hydrogen-bond donors (Lipinski definition) is 2. The fraction of sp³-hybridized carbons (Fsp3) is 1.00. The summed E-state index contributed by atoms with van der Waals surface area (Å²) in [5.74, 6) is 0.793. The molecule has 4 nitrogen and oxygen atoms in total. The van der Waals surface area contributed by atoms with Crippen molar-refractivity contribution in [3.63, 3.8) is 0 Å². The quantitative estimate of drug-likeness (QED) is 0.633. The predicted molar refractivity (Wildman–Crippen MR) is 77.1 cm³/mol. The zero-order valence-corrected chi connectivity index (χ0v) is 12.8. The van der Waals surface area contributed by atoms with Gasteiger partial charge in [0.05, 0.1) is 6.61 Å². The second-order valence-corrected chi connectivity index (χ2v) is 5.68. The first-order valence-corrected chi connectivity index (χ1v) is 7.75. The van der Waals surface area contributed by atoms with E-state index in [9.17, 15) is 5.11 Å².